The lowest BCUT2D eigenvalue weighted by molar-refractivity contribution is -0.136. The van der Waals surface area contributed by atoms with Crippen molar-refractivity contribution in [3.63, 3.8) is 0 Å². The molecular formula is C11H13BrO4. The van der Waals surface area contributed by atoms with Gasteiger partial charge in [0.1, 0.15) is 6.10 Å². The molecule has 88 valence electrons. The molecule has 0 aliphatic rings. The molecule has 0 heterocycles. The van der Waals surface area contributed by atoms with Crippen LogP contribution >= 0.6 is 15.9 Å². The number of benzene rings is 1. The van der Waals surface area contributed by atoms with Crippen LogP contribution in [0.5, 0.6) is 0 Å². The average Bonchev–Trinajstić information content (AvgIpc) is 2.27. The first kappa shape index (κ1) is 13.2. The van der Waals surface area contributed by atoms with Gasteiger partial charge in [-0.3, -0.25) is 4.79 Å². The molecule has 1 aromatic rings. The van der Waals surface area contributed by atoms with Crippen LogP contribution in [0.25, 0.3) is 0 Å². The smallest absolute Gasteiger partial charge is 0.307 e. The van der Waals surface area contributed by atoms with E-state index in [2.05, 4.69) is 15.9 Å². The monoisotopic (exact) mass is 288 g/mol. The van der Waals surface area contributed by atoms with Gasteiger partial charge in [0.25, 0.3) is 0 Å². The zero-order chi connectivity index (χ0) is 12.1. The van der Waals surface area contributed by atoms with Crippen molar-refractivity contribution in [1.29, 1.82) is 0 Å². The summed E-state index contributed by atoms with van der Waals surface area (Å²) in [6.45, 7) is 0. The van der Waals surface area contributed by atoms with Gasteiger partial charge in [-0.15, -0.1) is 0 Å². The minimum atomic E-state index is -0.960. The average molecular weight is 289 g/mol. The van der Waals surface area contributed by atoms with Crippen molar-refractivity contribution in [2.24, 2.45) is 0 Å². The van der Waals surface area contributed by atoms with Gasteiger partial charge in [-0.25, -0.2) is 0 Å². The Balaban J connectivity index is 2.74. The lowest BCUT2D eigenvalue weighted by Gasteiger charge is -2.15. The van der Waals surface area contributed by atoms with Crippen LogP contribution in [0, 0.1) is 0 Å². The molecule has 0 bridgehead atoms. The summed E-state index contributed by atoms with van der Waals surface area (Å²) in [5.41, 5.74) is 1.23. The molecule has 0 radical (unpaired) electrons. The van der Waals surface area contributed by atoms with Gasteiger partial charge in [0.15, 0.2) is 0 Å². The lowest BCUT2D eigenvalue weighted by atomic mass is 10.0. The number of halogens is 1. The summed E-state index contributed by atoms with van der Waals surface area (Å²) in [6, 6.07) is 6.50. The lowest BCUT2D eigenvalue weighted by Crippen LogP contribution is -2.19. The van der Waals surface area contributed by atoms with Crippen molar-refractivity contribution >= 4 is 21.9 Å². The predicted molar refractivity (Wildman–Crippen MR) is 62.5 cm³/mol. The van der Waals surface area contributed by atoms with Crippen LogP contribution in [0.4, 0.5) is 0 Å². The minimum Gasteiger partial charge on any atom is -0.481 e. The van der Waals surface area contributed by atoms with Gasteiger partial charge in [-0.05, 0) is 11.1 Å². The Bertz CT molecular complexity index is 350. The van der Waals surface area contributed by atoms with Crippen LogP contribution in [0.2, 0.25) is 0 Å². The standard InChI is InChI=1S/C11H13BrO4/c12-6-9(13)11(16)8-3-1-7(2-4-8)5-10(14)15/h1-4,9,11,13,16H,5-6H2,(H,14,15). The summed E-state index contributed by atoms with van der Waals surface area (Å²) in [5.74, 6) is -0.895. The van der Waals surface area contributed by atoms with Gasteiger partial charge in [0, 0.05) is 5.33 Å². The van der Waals surface area contributed by atoms with Gasteiger partial charge in [-0.1, -0.05) is 40.2 Å². The molecule has 0 fully saturated rings. The van der Waals surface area contributed by atoms with Crippen LogP contribution < -0.4 is 0 Å². The molecule has 0 amide bonds. The predicted octanol–water partition coefficient (Wildman–Crippen LogP) is 1.10. The Kier molecular flexibility index (Phi) is 4.92. The highest BCUT2D eigenvalue weighted by atomic mass is 79.9. The van der Waals surface area contributed by atoms with Gasteiger partial charge in [0.05, 0.1) is 12.5 Å². The van der Waals surface area contributed by atoms with E-state index in [9.17, 15) is 15.0 Å². The van der Waals surface area contributed by atoms with Crippen LogP contribution in [-0.4, -0.2) is 32.7 Å². The fourth-order valence-electron chi connectivity index (χ4n) is 1.31. The number of hydrogen-bond donors (Lipinski definition) is 3. The van der Waals surface area contributed by atoms with Crippen molar-refractivity contribution in [2.45, 2.75) is 18.6 Å². The van der Waals surface area contributed by atoms with E-state index in [4.69, 9.17) is 5.11 Å². The van der Waals surface area contributed by atoms with E-state index in [1.807, 2.05) is 0 Å². The Morgan fingerprint density at radius 1 is 1.25 bits per heavy atom. The topological polar surface area (TPSA) is 77.8 Å². The van der Waals surface area contributed by atoms with Crippen LogP contribution in [0.1, 0.15) is 17.2 Å². The van der Waals surface area contributed by atoms with E-state index in [0.29, 0.717) is 11.1 Å². The number of aliphatic carboxylic acids is 1. The van der Waals surface area contributed by atoms with Gasteiger partial charge < -0.3 is 15.3 Å². The molecule has 0 saturated carbocycles. The van der Waals surface area contributed by atoms with Gasteiger partial charge >= 0.3 is 5.97 Å². The first-order valence-electron chi connectivity index (χ1n) is 4.77. The second-order valence-corrected chi connectivity index (χ2v) is 4.13. The molecule has 0 spiro atoms. The maximum absolute atomic E-state index is 10.4. The fourth-order valence-corrected chi connectivity index (χ4v) is 1.67. The Hall–Kier alpha value is -0.910. The summed E-state index contributed by atoms with van der Waals surface area (Å²) < 4.78 is 0. The Labute approximate surface area is 102 Å². The highest BCUT2D eigenvalue weighted by Crippen LogP contribution is 2.18. The molecular weight excluding hydrogens is 276 g/mol. The molecule has 3 N–H and O–H groups in total. The third kappa shape index (κ3) is 3.59. The summed E-state index contributed by atoms with van der Waals surface area (Å²) in [4.78, 5) is 10.4. The molecule has 0 aliphatic heterocycles. The minimum absolute atomic E-state index is 0.0443. The Morgan fingerprint density at radius 3 is 2.25 bits per heavy atom. The van der Waals surface area contributed by atoms with Gasteiger partial charge in [0.2, 0.25) is 0 Å². The molecule has 0 aromatic heterocycles. The first-order valence-corrected chi connectivity index (χ1v) is 5.89. The molecule has 1 aromatic carbocycles. The quantitative estimate of drug-likeness (QED) is 0.709. The highest BCUT2D eigenvalue weighted by molar-refractivity contribution is 9.09. The summed E-state index contributed by atoms with van der Waals surface area (Å²) in [5, 5.41) is 27.9. The zero-order valence-corrected chi connectivity index (χ0v) is 10.1. The van der Waals surface area contributed by atoms with E-state index < -0.39 is 18.2 Å². The summed E-state index contributed by atoms with van der Waals surface area (Å²) >= 11 is 3.07. The van der Waals surface area contributed by atoms with Gasteiger partial charge in [-0.2, -0.15) is 0 Å². The van der Waals surface area contributed by atoms with E-state index in [1.165, 1.54) is 0 Å². The number of hydrogen-bond acceptors (Lipinski definition) is 3. The SMILES string of the molecule is O=C(O)Cc1ccc(C(O)C(O)CBr)cc1. The van der Waals surface area contributed by atoms with E-state index >= 15 is 0 Å². The second-order valence-electron chi connectivity index (χ2n) is 3.48. The summed E-state index contributed by atoms with van der Waals surface area (Å²) in [6.07, 6.45) is -1.87. The number of carbonyl (C=O) groups is 1. The number of aliphatic hydroxyl groups is 2. The third-order valence-electron chi connectivity index (χ3n) is 2.20. The van der Waals surface area contributed by atoms with Crippen molar-refractivity contribution in [3.05, 3.63) is 35.4 Å². The maximum atomic E-state index is 10.4. The van der Waals surface area contributed by atoms with Crippen LogP contribution in [0.15, 0.2) is 24.3 Å². The molecule has 5 heteroatoms. The molecule has 1 rings (SSSR count). The van der Waals surface area contributed by atoms with Crippen molar-refractivity contribution in [1.82, 2.24) is 0 Å². The number of alkyl halides is 1. The molecule has 0 aliphatic carbocycles. The van der Waals surface area contributed by atoms with E-state index in [-0.39, 0.29) is 11.8 Å². The summed E-state index contributed by atoms with van der Waals surface area (Å²) in [7, 11) is 0. The largest absolute Gasteiger partial charge is 0.481 e. The number of rotatable bonds is 5. The normalized spacial score (nSPS) is 14.4. The van der Waals surface area contributed by atoms with Crippen molar-refractivity contribution in [2.75, 3.05) is 5.33 Å². The second kappa shape index (κ2) is 5.98. The van der Waals surface area contributed by atoms with Crippen molar-refractivity contribution < 1.29 is 20.1 Å². The molecule has 0 saturated heterocycles. The number of aliphatic hydroxyl groups excluding tert-OH is 2. The number of carboxylic acids is 1. The van der Waals surface area contributed by atoms with Crippen LogP contribution in [-0.2, 0) is 11.2 Å². The number of carboxylic acid groups (broad SMARTS) is 1. The third-order valence-corrected chi connectivity index (χ3v) is 2.86. The highest BCUT2D eigenvalue weighted by Gasteiger charge is 2.16. The Morgan fingerprint density at radius 2 is 1.81 bits per heavy atom. The molecule has 16 heavy (non-hydrogen) atoms. The van der Waals surface area contributed by atoms with E-state index in [0.717, 1.165) is 0 Å². The molecule has 4 nitrogen and oxygen atoms in total. The fraction of sp³-hybridized carbons (Fsp3) is 0.364. The van der Waals surface area contributed by atoms with E-state index in [1.54, 1.807) is 24.3 Å². The maximum Gasteiger partial charge on any atom is 0.307 e. The molecule has 2 atom stereocenters. The van der Waals surface area contributed by atoms with Crippen LogP contribution in [0.3, 0.4) is 0 Å². The molecule has 2 unspecified atom stereocenters. The zero-order valence-electron chi connectivity index (χ0n) is 8.51. The first-order chi connectivity index (χ1) is 7.54. The van der Waals surface area contributed by atoms with Crippen molar-refractivity contribution in [3.8, 4) is 0 Å².